The van der Waals surface area contributed by atoms with E-state index in [1.54, 1.807) is 6.92 Å². The van der Waals surface area contributed by atoms with Crippen molar-refractivity contribution in [3.8, 4) is 0 Å². The Hall–Kier alpha value is -1.39. The highest BCUT2D eigenvalue weighted by Crippen LogP contribution is 2.36. The van der Waals surface area contributed by atoms with Gasteiger partial charge in [0.15, 0.2) is 26.3 Å². The van der Waals surface area contributed by atoms with Gasteiger partial charge in [-0.25, -0.2) is 26.0 Å². The summed E-state index contributed by atoms with van der Waals surface area (Å²) in [5.41, 5.74) is -12.4. The average molecular weight is 506 g/mol. The third-order valence-electron chi connectivity index (χ3n) is 3.69. The first-order chi connectivity index (χ1) is 13.9. The largest absolute Gasteiger partial charge is 0.480 e. The fraction of sp³-hybridized carbons (Fsp3) is 0.800. The van der Waals surface area contributed by atoms with Gasteiger partial charge in [-0.15, -0.1) is 0 Å². The molecule has 8 nitrogen and oxygen atoms in total. The van der Waals surface area contributed by atoms with E-state index in [0.717, 1.165) is 10.7 Å². The van der Waals surface area contributed by atoms with Crippen molar-refractivity contribution in [2.75, 3.05) is 0 Å². The van der Waals surface area contributed by atoms with Gasteiger partial charge in [0.25, 0.3) is 0 Å². The van der Waals surface area contributed by atoms with Crippen molar-refractivity contribution in [2.45, 2.75) is 76.2 Å². The lowest BCUT2D eigenvalue weighted by Crippen LogP contribution is -2.31. The summed E-state index contributed by atoms with van der Waals surface area (Å²) in [5, 5.41) is 9.36. The Morgan fingerprint density at radius 1 is 0.935 bits per heavy atom. The number of aryl methyl sites for hydroxylation is 1. The highest BCUT2D eigenvalue weighted by Gasteiger charge is 2.46. The van der Waals surface area contributed by atoms with Crippen molar-refractivity contribution >= 4 is 20.0 Å². The van der Waals surface area contributed by atoms with Crippen molar-refractivity contribution in [2.24, 2.45) is 0 Å². The van der Waals surface area contributed by atoms with E-state index in [9.17, 15) is 48.3 Å². The molecular formula is C15H25F6N3O5S2. The Balaban J connectivity index is 0.000000582. The summed E-state index contributed by atoms with van der Waals surface area (Å²) in [6.45, 7) is 5.08. The highest BCUT2D eigenvalue weighted by molar-refractivity contribution is 8.13. The number of halogens is 6. The van der Waals surface area contributed by atoms with E-state index in [4.69, 9.17) is 0 Å². The molecule has 1 heterocycles. The standard InChI is InChI=1S/C13H25N2O.C2F6NO4S2/c1-3-4-5-6-7-8-9-14-10-11-15(12-14)13(2)16;3-1(4,5)14(10,11)9-15(12,13)2(6,7)8/h10-13,16H,3-9H2,1-2H3;/q+1;-1. The number of hydrogen-bond donors (Lipinski definition) is 1. The van der Waals surface area contributed by atoms with Gasteiger partial charge in [-0.05, 0) is 12.8 Å². The van der Waals surface area contributed by atoms with E-state index in [1.165, 1.54) is 38.5 Å². The number of sulfonamides is 2. The molecule has 0 fully saturated rings. The van der Waals surface area contributed by atoms with E-state index in [1.807, 2.05) is 23.3 Å². The first-order valence-corrected chi connectivity index (χ1v) is 11.9. The number of rotatable bonds is 10. The monoisotopic (exact) mass is 505 g/mol. The Labute approximate surface area is 177 Å². The number of imidazole rings is 1. The van der Waals surface area contributed by atoms with Crippen LogP contribution in [0.25, 0.3) is 4.13 Å². The summed E-state index contributed by atoms with van der Waals surface area (Å²) < 4.78 is 113. The maximum atomic E-state index is 11.4. The molecule has 1 aromatic rings. The van der Waals surface area contributed by atoms with Crippen LogP contribution in [-0.4, -0.2) is 37.5 Å². The van der Waals surface area contributed by atoms with Gasteiger partial charge in [0, 0.05) is 6.92 Å². The van der Waals surface area contributed by atoms with Crippen LogP contribution in [0.15, 0.2) is 18.7 Å². The molecule has 184 valence electrons. The SMILES string of the molecule is CCCCCCCC[n+]1ccn(C(C)O)c1.O=S(=O)([N-]S(=O)(=O)C(F)(F)F)C(F)(F)F. The van der Waals surface area contributed by atoms with Gasteiger partial charge in [-0.3, -0.25) is 0 Å². The van der Waals surface area contributed by atoms with Gasteiger partial charge < -0.3 is 9.23 Å². The zero-order chi connectivity index (χ0) is 24.5. The topological polar surface area (TPSA) is 111 Å². The predicted octanol–water partition coefficient (Wildman–Crippen LogP) is 3.71. The first-order valence-electron chi connectivity index (χ1n) is 9.06. The Bertz CT molecular complexity index is 822. The molecule has 16 heteroatoms. The van der Waals surface area contributed by atoms with Crippen molar-refractivity contribution < 1.29 is 52.9 Å². The van der Waals surface area contributed by atoms with Crippen molar-refractivity contribution in [1.82, 2.24) is 4.57 Å². The van der Waals surface area contributed by atoms with Crippen LogP contribution in [-0.2, 0) is 26.6 Å². The maximum Gasteiger partial charge on any atom is 0.480 e. The molecule has 0 aliphatic rings. The van der Waals surface area contributed by atoms with Crippen molar-refractivity contribution in [1.29, 1.82) is 0 Å². The average Bonchev–Trinajstić information content (AvgIpc) is 3.05. The molecule has 31 heavy (non-hydrogen) atoms. The summed E-state index contributed by atoms with van der Waals surface area (Å²) in [4.78, 5) is 0. The Morgan fingerprint density at radius 3 is 1.77 bits per heavy atom. The number of nitrogens with zero attached hydrogens (tertiary/aromatic N) is 3. The molecule has 0 aromatic carbocycles. The van der Waals surface area contributed by atoms with Crippen LogP contribution < -0.4 is 4.57 Å². The second kappa shape index (κ2) is 12.0. The Kier molecular flexibility index (Phi) is 11.5. The minimum atomic E-state index is -6.72. The van der Waals surface area contributed by atoms with Gasteiger partial charge in [0.05, 0.1) is 6.54 Å². The predicted molar refractivity (Wildman–Crippen MR) is 98.2 cm³/mol. The van der Waals surface area contributed by atoms with Crippen LogP contribution in [0.2, 0.25) is 0 Å². The van der Waals surface area contributed by atoms with Crippen LogP contribution in [0.1, 0.15) is 58.6 Å². The number of hydrogen-bond acceptors (Lipinski definition) is 5. The van der Waals surface area contributed by atoms with Gasteiger partial charge in [-0.2, -0.15) is 26.3 Å². The van der Waals surface area contributed by atoms with E-state index in [-0.39, 0.29) is 0 Å². The zero-order valence-corrected chi connectivity index (χ0v) is 18.4. The molecular weight excluding hydrogens is 480 g/mol. The lowest BCUT2D eigenvalue weighted by molar-refractivity contribution is -0.697. The molecule has 0 bridgehead atoms. The van der Waals surface area contributed by atoms with Crippen molar-refractivity contribution in [3.63, 3.8) is 0 Å². The fourth-order valence-electron chi connectivity index (χ4n) is 2.05. The lowest BCUT2D eigenvalue weighted by Gasteiger charge is -2.22. The van der Waals surface area contributed by atoms with Crippen LogP contribution >= 0.6 is 0 Å². The molecule has 1 atom stereocenters. The maximum absolute atomic E-state index is 11.4. The molecule has 1 N–H and O–H groups in total. The molecule has 0 spiro atoms. The van der Waals surface area contributed by atoms with E-state index in [0.29, 0.717) is 0 Å². The summed E-state index contributed by atoms with van der Waals surface area (Å²) >= 11 is 0. The summed E-state index contributed by atoms with van der Waals surface area (Å²) in [7, 11) is -13.4. The molecule has 0 aliphatic carbocycles. The number of aliphatic hydroxyl groups excluding tert-OH is 1. The number of aliphatic hydroxyl groups is 1. The lowest BCUT2D eigenvalue weighted by atomic mass is 10.1. The number of aromatic nitrogens is 2. The van der Waals surface area contributed by atoms with Gasteiger partial charge >= 0.3 is 11.0 Å². The Morgan fingerprint density at radius 2 is 1.39 bits per heavy atom. The van der Waals surface area contributed by atoms with Crippen LogP contribution in [0, 0.1) is 0 Å². The summed E-state index contributed by atoms with van der Waals surface area (Å²) in [6, 6.07) is 0. The number of unbranched alkanes of at least 4 members (excludes halogenated alkanes) is 5. The molecule has 1 aromatic heterocycles. The fourth-order valence-corrected chi connectivity index (χ4v) is 3.76. The number of alkyl halides is 6. The minimum Gasteiger partial charge on any atom is -0.421 e. The van der Waals surface area contributed by atoms with Gasteiger partial charge in [-0.1, -0.05) is 32.6 Å². The van der Waals surface area contributed by atoms with Crippen LogP contribution in [0.4, 0.5) is 26.3 Å². The van der Waals surface area contributed by atoms with Gasteiger partial charge in [0.2, 0.25) is 6.33 Å². The second-order valence-corrected chi connectivity index (χ2v) is 9.84. The summed E-state index contributed by atoms with van der Waals surface area (Å²) in [6.07, 6.45) is 13.4. The molecule has 0 aliphatic heterocycles. The van der Waals surface area contributed by atoms with E-state index >= 15 is 0 Å². The molecule has 0 saturated heterocycles. The van der Waals surface area contributed by atoms with E-state index < -0.39 is 37.3 Å². The molecule has 0 saturated carbocycles. The van der Waals surface area contributed by atoms with Gasteiger partial charge in [0.1, 0.15) is 12.4 Å². The molecule has 0 amide bonds. The second-order valence-electron chi connectivity index (χ2n) is 6.41. The summed E-state index contributed by atoms with van der Waals surface area (Å²) in [5.74, 6) is 0. The van der Waals surface area contributed by atoms with E-state index in [2.05, 4.69) is 11.5 Å². The smallest absolute Gasteiger partial charge is 0.421 e. The van der Waals surface area contributed by atoms with Crippen molar-refractivity contribution in [3.05, 3.63) is 22.8 Å². The highest BCUT2D eigenvalue weighted by atomic mass is 32.3. The minimum absolute atomic E-state index is 0.425. The quantitative estimate of drug-likeness (QED) is 0.296. The van der Waals surface area contributed by atoms with Crippen LogP contribution in [0.3, 0.4) is 0 Å². The third kappa shape index (κ3) is 10.7. The normalized spacial score (nSPS) is 14.1. The van der Waals surface area contributed by atoms with Crippen LogP contribution in [0.5, 0.6) is 0 Å². The molecule has 0 radical (unpaired) electrons. The zero-order valence-electron chi connectivity index (χ0n) is 16.8. The molecule has 1 rings (SSSR count). The third-order valence-corrected chi connectivity index (χ3v) is 6.43. The first kappa shape index (κ1) is 29.6. The molecule has 1 unspecified atom stereocenters.